The maximum atomic E-state index is 14.5. The maximum absolute atomic E-state index is 14.5. The number of hydroxylamine groups is 1. The number of hydrogen-bond donors (Lipinski definition) is 3. The van der Waals surface area contributed by atoms with Gasteiger partial charge in [0.2, 0.25) is 0 Å². The number of morpholine rings is 1. The fourth-order valence-corrected chi connectivity index (χ4v) is 6.22. The number of amidine groups is 1. The molecular weight excluding hydrogens is 510 g/mol. The van der Waals surface area contributed by atoms with Crippen molar-refractivity contribution in [3.05, 3.63) is 52.3 Å². The molecule has 1 saturated heterocycles. The molecule has 12 heteroatoms. The molecule has 4 rings (SSSR count). The third-order valence-electron chi connectivity index (χ3n) is 5.30. The number of ether oxygens (including phenoxy) is 1. The van der Waals surface area contributed by atoms with E-state index < -0.39 is 39.0 Å². The second-order valence-electron chi connectivity index (χ2n) is 7.38. The van der Waals surface area contributed by atoms with Crippen LogP contribution in [0.3, 0.4) is 0 Å². The quantitative estimate of drug-likeness (QED) is 0.205. The molecule has 1 aliphatic rings. The molecule has 2 unspecified atom stereocenters. The molecule has 2 heterocycles. The summed E-state index contributed by atoms with van der Waals surface area (Å²) in [5, 5.41) is 19.8. The van der Waals surface area contributed by atoms with Crippen LogP contribution < -0.4 is 9.68 Å². The number of aromatic nitrogens is 2. The Kier molecular flexibility index (Phi) is 6.78. The van der Waals surface area contributed by atoms with E-state index in [9.17, 15) is 18.4 Å². The Morgan fingerprint density at radius 1 is 1.38 bits per heavy atom. The second kappa shape index (κ2) is 9.41. The number of H-pyrrole nitrogens is 1. The van der Waals surface area contributed by atoms with Gasteiger partial charge in [0.1, 0.15) is 0 Å². The molecule has 0 saturated carbocycles. The zero-order chi connectivity index (χ0) is 23.0. The molecule has 2 atom stereocenters. The summed E-state index contributed by atoms with van der Waals surface area (Å²) in [6.45, 7) is 2.13. The van der Waals surface area contributed by atoms with Gasteiger partial charge in [0.05, 0.1) is 0 Å². The summed E-state index contributed by atoms with van der Waals surface area (Å²) in [5.41, 5.74) is -0.228. The molecule has 170 valence electrons. The van der Waals surface area contributed by atoms with Crippen molar-refractivity contribution >= 4 is 54.5 Å². The van der Waals surface area contributed by atoms with Crippen LogP contribution in [0.2, 0.25) is 10.2 Å². The Morgan fingerprint density at radius 3 is 2.88 bits per heavy atom. The van der Waals surface area contributed by atoms with Gasteiger partial charge in [0, 0.05) is 0 Å². The number of hydrogen-bond acceptors (Lipinski definition) is 5. The first-order valence-electron chi connectivity index (χ1n) is 9.68. The van der Waals surface area contributed by atoms with Gasteiger partial charge in [-0.25, -0.2) is 0 Å². The zero-order valence-corrected chi connectivity index (χ0v) is 19.8. The minimum atomic E-state index is -1.19. The number of anilines is 1. The third kappa shape index (κ3) is 4.51. The van der Waals surface area contributed by atoms with E-state index in [4.69, 9.17) is 21.7 Å². The summed E-state index contributed by atoms with van der Waals surface area (Å²) in [6, 6.07) is 4.41. The molecule has 0 aliphatic carbocycles. The Hall–Kier alpha value is -2.10. The van der Waals surface area contributed by atoms with E-state index in [-0.39, 0.29) is 33.3 Å². The number of nitrogens with zero attached hydrogens (tertiary/aromatic N) is 3. The van der Waals surface area contributed by atoms with Crippen LogP contribution in [0.5, 0.6) is 0 Å². The summed E-state index contributed by atoms with van der Waals surface area (Å²) >= 11 is 4.91. The molecule has 3 aromatic rings. The van der Waals surface area contributed by atoms with Gasteiger partial charge in [-0.3, -0.25) is 0 Å². The van der Waals surface area contributed by atoms with Crippen LogP contribution in [-0.2, 0) is 4.74 Å². The van der Waals surface area contributed by atoms with Crippen molar-refractivity contribution in [2.45, 2.75) is 11.3 Å². The summed E-state index contributed by atoms with van der Waals surface area (Å²) in [6.07, 6.45) is 0. The predicted molar refractivity (Wildman–Crippen MR) is 117 cm³/mol. The predicted octanol–water partition coefficient (Wildman–Crippen LogP) is 2.67. The minimum absolute atomic E-state index is 0.00667. The number of fused-ring (bicyclic) bond motifs is 1. The Labute approximate surface area is 193 Å². The van der Waals surface area contributed by atoms with E-state index >= 15 is 0 Å². The van der Waals surface area contributed by atoms with Crippen molar-refractivity contribution in [1.82, 2.24) is 14.9 Å². The molecule has 0 bridgehead atoms. The topological polar surface area (TPSA) is 88.5 Å². The number of imidazole rings is 1. The normalized spacial score (nSPS) is 17.5. The molecular formula is C20H20AsClF3N5O2. The monoisotopic (exact) mass is 529 g/mol. The third-order valence-corrected chi connectivity index (χ3v) is 8.21. The number of nitrogens with one attached hydrogen (secondary N) is 2. The standard InChI is InChI=1S/C20H20AsClF3N5O2/c1-29-4-5-32-9-11(29)8-21-20-27-17-12(7-15(24)16(25)18(17)28-20)19(26)30(31)10-2-3-14(23)13(22)6-10/h2-3,6-7,11,21,26,31H,4-5,8-9H2,1H3,(H,27,28). The molecule has 32 heavy (non-hydrogen) atoms. The van der Waals surface area contributed by atoms with Crippen LogP contribution in [0.25, 0.3) is 11.0 Å². The van der Waals surface area contributed by atoms with Gasteiger partial charge in [0.25, 0.3) is 0 Å². The molecule has 2 aromatic carbocycles. The fraction of sp³-hybridized carbons (Fsp3) is 0.300. The first-order valence-corrected chi connectivity index (χ1v) is 12.6. The van der Waals surface area contributed by atoms with Crippen LogP contribution in [0, 0.1) is 22.9 Å². The van der Waals surface area contributed by atoms with Crippen molar-refractivity contribution in [1.29, 1.82) is 5.41 Å². The van der Waals surface area contributed by atoms with Gasteiger partial charge in [-0.1, -0.05) is 0 Å². The van der Waals surface area contributed by atoms with Crippen LogP contribution in [0.4, 0.5) is 18.9 Å². The second-order valence-corrected chi connectivity index (χ2v) is 10.4. The van der Waals surface area contributed by atoms with Gasteiger partial charge in [-0.15, -0.1) is 0 Å². The summed E-state index contributed by atoms with van der Waals surface area (Å²) in [5.74, 6) is -3.56. The Bertz CT molecular complexity index is 1180. The van der Waals surface area contributed by atoms with E-state index in [1.165, 1.54) is 6.07 Å². The van der Waals surface area contributed by atoms with Crippen molar-refractivity contribution in [3.8, 4) is 0 Å². The first-order chi connectivity index (χ1) is 15.3. The van der Waals surface area contributed by atoms with Crippen LogP contribution in [0.15, 0.2) is 24.3 Å². The summed E-state index contributed by atoms with van der Waals surface area (Å²) in [7, 11) is 2.02. The van der Waals surface area contributed by atoms with Gasteiger partial charge in [0.15, 0.2) is 0 Å². The SMILES string of the molecule is CN1CCOCC1C[AsH]c1nc2c(F)c(F)cc(C(=N)N(O)c3ccc(F)c(Cl)c3)c2[nH]1. The molecule has 0 radical (unpaired) electrons. The molecule has 1 fully saturated rings. The Morgan fingerprint density at radius 2 is 2.16 bits per heavy atom. The van der Waals surface area contributed by atoms with E-state index in [0.717, 1.165) is 30.0 Å². The molecule has 1 aliphatic heterocycles. The summed E-state index contributed by atoms with van der Waals surface area (Å²) < 4.78 is 48.2. The van der Waals surface area contributed by atoms with Crippen LogP contribution in [0.1, 0.15) is 5.56 Å². The molecule has 3 N–H and O–H groups in total. The van der Waals surface area contributed by atoms with E-state index in [0.29, 0.717) is 22.9 Å². The van der Waals surface area contributed by atoms with E-state index in [1.807, 2.05) is 7.05 Å². The average Bonchev–Trinajstić information content (AvgIpc) is 3.21. The van der Waals surface area contributed by atoms with Crippen molar-refractivity contribution in [3.63, 3.8) is 0 Å². The molecule has 1 aromatic heterocycles. The Balaban J connectivity index is 1.64. The number of aromatic amines is 1. The molecule has 0 amide bonds. The van der Waals surface area contributed by atoms with Gasteiger partial charge >= 0.3 is 193 Å². The van der Waals surface area contributed by atoms with Gasteiger partial charge in [-0.2, -0.15) is 0 Å². The number of benzene rings is 2. The van der Waals surface area contributed by atoms with Gasteiger partial charge in [-0.05, 0) is 0 Å². The molecule has 0 spiro atoms. The van der Waals surface area contributed by atoms with Gasteiger partial charge < -0.3 is 0 Å². The van der Waals surface area contributed by atoms with E-state index in [2.05, 4.69) is 14.9 Å². The average molecular weight is 530 g/mol. The van der Waals surface area contributed by atoms with Crippen molar-refractivity contribution in [2.24, 2.45) is 0 Å². The fourth-order valence-electron chi connectivity index (χ4n) is 3.40. The van der Waals surface area contributed by atoms with Crippen molar-refractivity contribution in [2.75, 3.05) is 31.9 Å². The van der Waals surface area contributed by atoms with E-state index in [1.54, 1.807) is 0 Å². The zero-order valence-electron chi connectivity index (χ0n) is 16.9. The first kappa shape index (κ1) is 23.1. The van der Waals surface area contributed by atoms with Crippen molar-refractivity contribution < 1.29 is 23.1 Å². The summed E-state index contributed by atoms with van der Waals surface area (Å²) in [4.78, 5) is 9.45. The number of halogens is 4. The number of likely N-dealkylation sites (N-methyl/N-ethyl adjacent to an activating group) is 1. The number of rotatable bonds is 5. The van der Waals surface area contributed by atoms with Crippen LogP contribution >= 0.6 is 11.6 Å². The molecule has 7 nitrogen and oxygen atoms in total. The van der Waals surface area contributed by atoms with Crippen LogP contribution in [-0.4, -0.2) is 74.5 Å².